The summed E-state index contributed by atoms with van der Waals surface area (Å²) in [4.78, 5) is 27.2. The standard InChI is InChI=1S/C24H32N2O3/c1-4-22(24(28)25-5-2)26(18-20-10-7-6-8-11-20)23(27)12-9-17-29-21-15-13-19(3)14-16-21/h6-8,10-11,13-16,22H,4-5,9,12,17-18H2,1-3H3,(H,25,28). The highest BCUT2D eigenvalue weighted by molar-refractivity contribution is 5.87. The molecule has 5 heteroatoms. The van der Waals surface area contributed by atoms with Crippen LogP contribution in [-0.2, 0) is 16.1 Å². The Bertz CT molecular complexity index is 759. The van der Waals surface area contributed by atoms with E-state index in [4.69, 9.17) is 4.74 Å². The maximum atomic E-state index is 13.0. The molecule has 2 aromatic carbocycles. The Morgan fingerprint density at radius 3 is 2.34 bits per heavy atom. The maximum absolute atomic E-state index is 13.0. The first kappa shape index (κ1) is 22.5. The minimum absolute atomic E-state index is 0.0283. The van der Waals surface area contributed by atoms with Gasteiger partial charge >= 0.3 is 0 Å². The lowest BCUT2D eigenvalue weighted by atomic mass is 10.1. The number of hydrogen-bond donors (Lipinski definition) is 1. The number of aryl methyl sites for hydroxylation is 1. The van der Waals surface area contributed by atoms with Crippen molar-refractivity contribution in [3.8, 4) is 5.75 Å². The first-order chi connectivity index (χ1) is 14.0. The van der Waals surface area contributed by atoms with Gasteiger partial charge in [-0.15, -0.1) is 0 Å². The lowest BCUT2D eigenvalue weighted by Crippen LogP contribution is -2.49. The van der Waals surface area contributed by atoms with Crippen molar-refractivity contribution in [3.05, 3.63) is 65.7 Å². The van der Waals surface area contributed by atoms with Gasteiger partial charge in [0.1, 0.15) is 11.8 Å². The third-order valence-electron chi connectivity index (χ3n) is 4.76. The second-order valence-electron chi connectivity index (χ2n) is 7.09. The molecule has 0 spiro atoms. The predicted molar refractivity (Wildman–Crippen MR) is 116 cm³/mol. The van der Waals surface area contributed by atoms with Gasteiger partial charge in [-0.3, -0.25) is 9.59 Å². The van der Waals surface area contributed by atoms with E-state index >= 15 is 0 Å². The minimum atomic E-state index is -0.472. The van der Waals surface area contributed by atoms with Crippen LogP contribution >= 0.6 is 0 Å². The van der Waals surface area contributed by atoms with Gasteiger partial charge in [0.15, 0.2) is 0 Å². The van der Waals surface area contributed by atoms with Crippen molar-refractivity contribution in [2.45, 2.75) is 52.6 Å². The van der Waals surface area contributed by atoms with Crippen LogP contribution in [0.1, 0.15) is 44.2 Å². The van der Waals surface area contributed by atoms with Crippen LogP contribution in [0.5, 0.6) is 5.75 Å². The summed E-state index contributed by atoms with van der Waals surface area (Å²) in [6.07, 6.45) is 1.52. The Hall–Kier alpha value is -2.82. The third kappa shape index (κ3) is 7.26. The Labute approximate surface area is 174 Å². The molecule has 0 fully saturated rings. The summed E-state index contributed by atoms with van der Waals surface area (Å²) in [6, 6.07) is 17.2. The Morgan fingerprint density at radius 2 is 1.72 bits per heavy atom. The fourth-order valence-electron chi connectivity index (χ4n) is 3.18. The molecule has 0 heterocycles. The highest BCUT2D eigenvalue weighted by Crippen LogP contribution is 2.15. The zero-order valence-corrected chi connectivity index (χ0v) is 17.7. The number of ether oxygens (including phenoxy) is 1. The third-order valence-corrected chi connectivity index (χ3v) is 4.76. The normalized spacial score (nSPS) is 11.6. The summed E-state index contributed by atoms with van der Waals surface area (Å²) in [5.41, 5.74) is 2.19. The lowest BCUT2D eigenvalue weighted by molar-refractivity contribution is -0.141. The molecule has 0 aromatic heterocycles. The number of nitrogens with one attached hydrogen (secondary N) is 1. The molecule has 5 nitrogen and oxygen atoms in total. The average molecular weight is 397 g/mol. The summed E-state index contributed by atoms with van der Waals surface area (Å²) < 4.78 is 5.73. The van der Waals surface area contributed by atoms with Gasteiger partial charge in [0, 0.05) is 19.5 Å². The van der Waals surface area contributed by atoms with Crippen LogP contribution in [0.15, 0.2) is 54.6 Å². The summed E-state index contributed by atoms with van der Waals surface area (Å²) in [7, 11) is 0. The zero-order chi connectivity index (χ0) is 21.1. The van der Waals surface area contributed by atoms with Crippen LogP contribution in [0.3, 0.4) is 0 Å². The minimum Gasteiger partial charge on any atom is -0.494 e. The fourth-order valence-corrected chi connectivity index (χ4v) is 3.18. The smallest absolute Gasteiger partial charge is 0.242 e. The molecule has 0 aliphatic carbocycles. The number of amides is 2. The average Bonchev–Trinajstić information content (AvgIpc) is 2.73. The van der Waals surface area contributed by atoms with Gasteiger partial charge in [0.25, 0.3) is 0 Å². The topological polar surface area (TPSA) is 58.6 Å². The molecule has 0 aliphatic heterocycles. The van der Waals surface area contributed by atoms with E-state index in [0.29, 0.717) is 39.0 Å². The Kier molecular flexibility index (Phi) is 9.22. The molecular formula is C24H32N2O3. The molecule has 1 atom stereocenters. The van der Waals surface area contributed by atoms with Gasteiger partial charge in [-0.2, -0.15) is 0 Å². The molecule has 2 aromatic rings. The molecule has 29 heavy (non-hydrogen) atoms. The van der Waals surface area contributed by atoms with Crippen molar-refractivity contribution in [1.29, 1.82) is 0 Å². The van der Waals surface area contributed by atoms with Gasteiger partial charge in [-0.25, -0.2) is 0 Å². The number of benzene rings is 2. The first-order valence-electron chi connectivity index (χ1n) is 10.4. The Balaban J connectivity index is 1.98. The molecule has 1 unspecified atom stereocenters. The highest BCUT2D eigenvalue weighted by atomic mass is 16.5. The molecule has 0 aliphatic rings. The molecule has 0 bridgehead atoms. The maximum Gasteiger partial charge on any atom is 0.242 e. The second kappa shape index (κ2) is 11.9. The van der Waals surface area contributed by atoms with Gasteiger partial charge in [-0.1, -0.05) is 55.0 Å². The summed E-state index contributed by atoms with van der Waals surface area (Å²) in [5, 5.41) is 2.85. The van der Waals surface area contributed by atoms with E-state index in [2.05, 4.69) is 5.32 Å². The van der Waals surface area contributed by atoms with Gasteiger partial charge in [0.2, 0.25) is 11.8 Å². The fraction of sp³-hybridized carbons (Fsp3) is 0.417. The summed E-state index contributed by atoms with van der Waals surface area (Å²) in [5.74, 6) is 0.674. The van der Waals surface area contributed by atoms with E-state index in [0.717, 1.165) is 11.3 Å². The monoisotopic (exact) mass is 396 g/mol. The van der Waals surface area contributed by atoms with Gasteiger partial charge in [0.05, 0.1) is 6.61 Å². The number of likely N-dealkylation sites (N-methyl/N-ethyl adjacent to an activating group) is 1. The number of nitrogens with zero attached hydrogens (tertiary/aromatic N) is 1. The Morgan fingerprint density at radius 1 is 1.03 bits per heavy atom. The molecule has 1 N–H and O–H groups in total. The van der Waals surface area contributed by atoms with E-state index in [-0.39, 0.29) is 11.8 Å². The van der Waals surface area contributed by atoms with E-state index in [9.17, 15) is 9.59 Å². The number of rotatable bonds is 11. The van der Waals surface area contributed by atoms with Crippen LogP contribution < -0.4 is 10.1 Å². The summed E-state index contributed by atoms with van der Waals surface area (Å²) in [6.45, 7) is 7.29. The molecule has 0 radical (unpaired) electrons. The van der Waals surface area contributed by atoms with E-state index in [1.807, 2.05) is 75.4 Å². The SMILES string of the molecule is CCNC(=O)C(CC)N(Cc1ccccc1)C(=O)CCCOc1ccc(C)cc1. The van der Waals surface area contributed by atoms with Crippen molar-refractivity contribution in [2.24, 2.45) is 0 Å². The molecular weight excluding hydrogens is 364 g/mol. The van der Waals surface area contributed by atoms with Crippen LogP contribution in [0.4, 0.5) is 0 Å². The molecule has 156 valence electrons. The molecule has 2 amide bonds. The van der Waals surface area contributed by atoms with E-state index < -0.39 is 6.04 Å². The highest BCUT2D eigenvalue weighted by Gasteiger charge is 2.27. The lowest BCUT2D eigenvalue weighted by Gasteiger charge is -2.30. The quantitative estimate of drug-likeness (QED) is 0.582. The predicted octanol–water partition coefficient (Wildman–Crippen LogP) is 4.10. The zero-order valence-electron chi connectivity index (χ0n) is 17.7. The van der Waals surface area contributed by atoms with Crippen molar-refractivity contribution in [3.63, 3.8) is 0 Å². The van der Waals surface area contributed by atoms with Crippen molar-refractivity contribution in [2.75, 3.05) is 13.2 Å². The van der Waals surface area contributed by atoms with Crippen LogP contribution in [0, 0.1) is 6.92 Å². The first-order valence-corrected chi connectivity index (χ1v) is 10.4. The van der Waals surface area contributed by atoms with Crippen molar-refractivity contribution < 1.29 is 14.3 Å². The molecule has 0 saturated heterocycles. The van der Waals surface area contributed by atoms with E-state index in [1.54, 1.807) is 4.90 Å². The van der Waals surface area contributed by atoms with Crippen molar-refractivity contribution in [1.82, 2.24) is 10.2 Å². The van der Waals surface area contributed by atoms with Crippen LogP contribution in [-0.4, -0.2) is 35.9 Å². The van der Waals surface area contributed by atoms with Crippen LogP contribution in [0.25, 0.3) is 0 Å². The van der Waals surface area contributed by atoms with Gasteiger partial charge < -0.3 is 15.0 Å². The molecule has 0 saturated carbocycles. The molecule has 2 rings (SSSR count). The summed E-state index contributed by atoms with van der Waals surface area (Å²) >= 11 is 0. The van der Waals surface area contributed by atoms with Crippen LogP contribution in [0.2, 0.25) is 0 Å². The number of carbonyl (C=O) groups is 2. The van der Waals surface area contributed by atoms with Gasteiger partial charge in [-0.05, 0) is 44.4 Å². The largest absolute Gasteiger partial charge is 0.494 e. The van der Waals surface area contributed by atoms with E-state index in [1.165, 1.54) is 5.56 Å². The second-order valence-corrected chi connectivity index (χ2v) is 7.09. The number of carbonyl (C=O) groups excluding carboxylic acids is 2. The number of hydrogen-bond acceptors (Lipinski definition) is 3. The van der Waals surface area contributed by atoms with Crippen molar-refractivity contribution >= 4 is 11.8 Å².